The molecule has 154 valence electrons. The van der Waals surface area contributed by atoms with Crippen molar-refractivity contribution in [3.63, 3.8) is 0 Å². The van der Waals surface area contributed by atoms with E-state index in [-0.39, 0.29) is 23.7 Å². The smallest absolute Gasteiger partial charge is 0.385 e. The van der Waals surface area contributed by atoms with Gasteiger partial charge in [0.1, 0.15) is 6.10 Å². The SMILES string of the molecule is CC1C(OS(=O)(=O)O)CC2CC(C(O)c3cc(=O)[nH]c(=O)[nH]3)NC3=NCC1N32. The van der Waals surface area contributed by atoms with Gasteiger partial charge in [0, 0.05) is 18.0 Å². The largest absolute Gasteiger partial charge is 0.397 e. The lowest BCUT2D eigenvalue weighted by Crippen LogP contribution is -2.65. The Morgan fingerprint density at radius 3 is 2.75 bits per heavy atom. The Kier molecular flexibility index (Phi) is 4.56. The predicted molar refractivity (Wildman–Crippen MR) is 96.1 cm³/mol. The minimum absolute atomic E-state index is 0.0739. The van der Waals surface area contributed by atoms with Crippen molar-refractivity contribution >= 4 is 16.4 Å². The summed E-state index contributed by atoms with van der Waals surface area (Å²) in [6, 6.07) is 0.275. The fourth-order valence-electron chi connectivity index (χ4n) is 4.42. The molecule has 5 N–H and O–H groups in total. The van der Waals surface area contributed by atoms with E-state index in [1.54, 1.807) is 0 Å². The molecule has 2 saturated heterocycles. The van der Waals surface area contributed by atoms with Crippen LogP contribution in [-0.2, 0) is 14.6 Å². The number of nitrogens with zero attached hydrogens (tertiary/aromatic N) is 2. The van der Waals surface area contributed by atoms with Gasteiger partial charge in [0.25, 0.3) is 5.56 Å². The summed E-state index contributed by atoms with van der Waals surface area (Å²) in [5.41, 5.74) is -1.27. The first-order chi connectivity index (χ1) is 13.1. The maximum Gasteiger partial charge on any atom is 0.397 e. The van der Waals surface area contributed by atoms with E-state index < -0.39 is 39.9 Å². The molecule has 6 atom stereocenters. The molecular weight excluding hydrogens is 394 g/mol. The van der Waals surface area contributed by atoms with Crippen molar-refractivity contribution in [1.29, 1.82) is 0 Å². The average molecular weight is 415 g/mol. The highest BCUT2D eigenvalue weighted by molar-refractivity contribution is 7.80. The van der Waals surface area contributed by atoms with Gasteiger partial charge < -0.3 is 20.3 Å². The van der Waals surface area contributed by atoms with Crippen LogP contribution in [-0.4, -0.2) is 69.7 Å². The second kappa shape index (κ2) is 6.69. The first kappa shape index (κ1) is 19.1. The van der Waals surface area contributed by atoms with Crippen LogP contribution in [0.4, 0.5) is 0 Å². The summed E-state index contributed by atoms with van der Waals surface area (Å²) in [5, 5.41) is 13.8. The van der Waals surface area contributed by atoms with Crippen LogP contribution < -0.4 is 16.6 Å². The Morgan fingerprint density at radius 1 is 1.32 bits per heavy atom. The normalized spacial score (nSPS) is 33.0. The maximum atomic E-state index is 11.5. The van der Waals surface area contributed by atoms with Gasteiger partial charge >= 0.3 is 16.1 Å². The molecule has 4 rings (SSSR count). The molecule has 0 amide bonds. The quantitative estimate of drug-likeness (QED) is 0.351. The molecule has 1 aromatic rings. The summed E-state index contributed by atoms with van der Waals surface area (Å²) < 4.78 is 36.4. The summed E-state index contributed by atoms with van der Waals surface area (Å²) in [4.78, 5) is 34.0. The van der Waals surface area contributed by atoms with Crippen LogP contribution in [0.25, 0.3) is 0 Å². The Morgan fingerprint density at radius 2 is 2.07 bits per heavy atom. The number of hydrogen-bond donors (Lipinski definition) is 5. The van der Waals surface area contributed by atoms with E-state index >= 15 is 0 Å². The number of aliphatic imine (C=N–C) groups is 1. The fourth-order valence-corrected chi connectivity index (χ4v) is 4.98. The van der Waals surface area contributed by atoms with Gasteiger partial charge in [0.05, 0.1) is 30.4 Å². The molecule has 0 aromatic carbocycles. The highest BCUT2D eigenvalue weighted by Crippen LogP contribution is 2.39. The highest BCUT2D eigenvalue weighted by atomic mass is 32.3. The fraction of sp³-hybridized carbons (Fsp3) is 0.667. The molecule has 3 aliphatic heterocycles. The minimum Gasteiger partial charge on any atom is -0.385 e. The average Bonchev–Trinajstić information content (AvgIpc) is 3.01. The van der Waals surface area contributed by atoms with E-state index in [0.717, 1.165) is 6.07 Å². The topological polar surface area (TPSA) is 177 Å². The number of guanidine groups is 1. The van der Waals surface area contributed by atoms with Crippen LogP contribution in [0.3, 0.4) is 0 Å². The van der Waals surface area contributed by atoms with E-state index in [4.69, 9.17) is 8.74 Å². The summed E-state index contributed by atoms with van der Waals surface area (Å²) in [6.07, 6.45) is -1.19. The van der Waals surface area contributed by atoms with Crippen LogP contribution >= 0.6 is 0 Å². The van der Waals surface area contributed by atoms with Gasteiger partial charge in [-0.1, -0.05) is 6.92 Å². The summed E-state index contributed by atoms with van der Waals surface area (Å²) in [6.45, 7) is 2.27. The summed E-state index contributed by atoms with van der Waals surface area (Å²) in [7, 11) is -4.59. The number of aromatic amines is 2. The van der Waals surface area contributed by atoms with Gasteiger partial charge in [0.15, 0.2) is 5.96 Å². The second-order valence-corrected chi connectivity index (χ2v) is 8.47. The van der Waals surface area contributed by atoms with Gasteiger partial charge in [-0.25, -0.2) is 8.98 Å². The highest BCUT2D eigenvalue weighted by Gasteiger charge is 2.50. The molecule has 3 aliphatic rings. The van der Waals surface area contributed by atoms with Crippen molar-refractivity contribution < 1.29 is 22.3 Å². The summed E-state index contributed by atoms with van der Waals surface area (Å²) in [5.74, 6) is 0.390. The lowest BCUT2D eigenvalue weighted by molar-refractivity contribution is -0.00935. The minimum atomic E-state index is -4.59. The Bertz CT molecular complexity index is 990. The van der Waals surface area contributed by atoms with Crippen LogP contribution in [0, 0.1) is 5.92 Å². The molecule has 0 radical (unpaired) electrons. The van der Waals surface area contributed by atoms with E-state index in [9.17, 15) is 23.1 Å². The molecule has 2 fully saturated rings. The van der Waals surface area contributed by atoms with Gasteiger partial charge in [0.2, 0.25) is 0 Å². The third-order valence-corrected chi connectivity index (χ3v) is 6.18. The van der Waals surface area contributed by atoms with Crippen molar-refractivity contribution in [1.82, 2.24) is 20.2 Å². The first-order valence-corrected chi connectivity index (χ1v) is 10.3. The zero-order chi connectivity index (χ0) is 20.2. The van der Waals surface area contributed by atoms with E-state index in [2.05, 4.69) is 20.2 Å². The number of aliphatic hydroxyl groups excluding tert-OH is 1. The number of aromatic nitrogens is 2. The van der Waals surface area contributed by atoms with Crippen LogP contribution in [0.2, 0.25) is 0 Å². The molecule has 0 saturated carbocycles. The van der Waals surface area contributed by atoms with Crippen molar-refractivity contribution in [3.05, 3.63) is 32.6 Å². The standard InChI is InChI=1S/C15H21N5O7S/c1-6-10-5-16-14-17-8(13(22)9-4-12(21)19-15(23)18-9)2-7(20(10)14)3-11(6)27-28(24,25)26/h4,6-8,10-11,13,22H,2-3,5H2,1H3,(H,16,17)(H,24,25,26)(H2,18,19,21,23). The molecule has 12 nitrogen and oxygen atoms in total. The molecule has 6 unspecified atom stereocenters. The van der Waals surface area contributed by atoms with Gasteiger partial charge in [-0.3, -0.25) is 19.3 Å². The molecular formula is C15H21N5O7S. The predicted octanol–water partition coefficient (Wildman–Crippen LogP) is -1.90. The number of rotatable bonds is 4. The van der Waals surface area contributed by atoms with Crippen molar-refractivity contribution in [2.45, 2.75) is 50.1 Å². The van der Waals surface area contributed by atoms with Crippen LogP contribution in [0.5, 0.6) is 0 Å². The second-order valence-electron chi connectivity index (χ2n) is 7.42. The lowest BCUT2D eigenvalue weighted by atomic mass is 9.81. The van der Waals surface area contributed by atoms with Crippen LogP contribution in [0.1, 0.15) is 31.6 Å². The zero-order valence-electron chi connectivity index (χ0n) is 14.9. The number of H-pyrrole nitrogens is 2. The number of aliphatic hydroxyl groups is 1. The molecule has 13 heteroatoms. The van der Waals surface area contributed by atoms with Crippen molar-refractivity contribution in [2.75, 3.05) is 6.54 Å². The Balaban J connectivity index is 1.59. The third kappa shape index (κ3) is 3.45. The lowest BCUT2D eigenvalue weighted by Gasteiger charge is -2.50. The maximum absolute atomic E-state index is 11.5. The Labute approximate surface area is 159 Å². The Hall–Kier alpha value is -2.22. The van der Waals surface area contributed by atoms with Gasteiger partial charge in [-0.05, 0) is 12.8 Å². The molecule has 0 aliphatic carbocycles. The third-order valence-electron chi connectivity index (χ3n) is 5.69. The number of hydrogen-bond acceptors (Lipinski definition) is 9. The molecule has 1 aromatic heterocycles. The summed E-state index contributed by atoms with van der Waals surface area (Å²) >= 11 is 0. The first-order valence-electron chi connectivity index (χ1n) is 8.89. The van der Waals surface area contributed by atoms with Crippen molar-refractivity contribution in [2.24, 2.45) is 10.9 Å². The zero-order valence-corrected chi connectivity index (χ0v) is 15.7. The number of piperidine rings is 1. The number of nitrogens with one attached hydrogen (secondary N) is 3. The molecule has 28 heavy (non-hydrogen) atoms. The van der Waals surface area contributed by atoms with Crippen LogP contribution in [0.15, 0.2) is 20.6 Å². The van der Waals surface area contributed by atoms with E-state index in [0.29, 0.717) is 25.3 Å². The van der Waals surface area contributed by atoms with Gasteiger partial charge in [-0.2, -0.15) is 8.42 Å². The molecule has 0 bridgehead atoms. The molecule has 0 spiro atoms. The van der Waals surface area contributed by atoms with E-state index in [1.807, 2.05) is 11.9 Å². The van der Waals surface area contributed by atoms with Crippen molar-refractivity contribution in [3.8, 4) is 0 Å². The molecule has 4 heterocycles. The van der Waals surface area contributed by atoms with Gasteiger partial charge in [-0.15, -0.1) is 0 Å². The van der Waals surface area contributed by atoms with E-state index in [1.165, 1.54) is 0 Å². The monoisotopic (exact) mass is 415 g/mol.